The molecule has 1 aliphatic heterocycles. The van der Waals surface area contributed by atoms with Crippen LogP contribution in [-0.4, -0.2) is 49.3 Å². The minimum Gasteiger partial charge on any atom is -0.493 e. The molecule has 2 aromatic carbocycles. The standard InChI is InChI=1S/C23H24N2O5S/c1-5-29-18-12-7-15(13-19(18)28-4)14-20-21(26)25(3)23(31-20)24-17-10-8-16(9-11-17)22(27)30-6-2/h7-14H,5-6H2,1-4H3/b20-14-,24-23?. The first-order chi connectivity index (χ1) is 15.0. The molecule has 0 aliphatic carbocycles. The average molecular weight is 441 g/mol. The van der Waals surface area contributed by atoms with Crippen molar-refractivity contribution in [1.82, 2.24) is 4.90 Å². The monoisotopic (exact) mass is 440 g/mol. The highest BCUT2D eigenvalue weighted by atomic mass is 32.2. The molecule has 2 aromatic rings. The number of benzene rings is 2. The van der Waals surface area contributed by atoms with Gasteiger partial charge in [0.15, 0.2) is 16.7 Å². The van der Waals surface area contributed by atoms with Crippen molar-refractivity contribution in [2.24, 2.45) is 4.99 Å². The van der Waals surface area contributed by atoms with Gasteiger partial charge in [-0.15, -0.1) is 0 Å². The molecule has 31 heavy (non-hydrogen) atoms. The molecule has 0 unspecified atom stereocenters. The van der Waals surface area contributed by atoms with Gasteiger partial charge in [-0.1, -0.05) is 6.07 Å². The molecule has 0 spiro atoms. The number of hydrogen-bond acceptors (Lipinski definition) is 7. The predicted octanol–water partition coefficient (Wildman–Crippen LogP) is 4.50. The zero-order chi connectivity index (χ0) is 22.4. The maximum Gasteiger partial charge on any atom is 0.338 e. The third-order valence-electron chi connectivity index (χ3n) is 4.39. The Bertz CT molecular complexity index is 1030. The minimum atomic E-state index is -0.375. The van der Waals surface area contributed by atoms with Crippen LogP contribution >= 0.6 is 11.8 Å². The van der Waals surface area contributed by atoms with Crippen molar-refractivity contribution in [3.63, 3.8) is 0 Å². The maximum absolute atomic E-state index is 12.7. The van der Waals surface area contributed by atoms with E-state index in [-0.39, 0.29) is 11.9 Å². The van der Waals surface area contributed by atoms with E-state index in [9.17, 15) is 9.59 Å². The molecular weight excluding hydrogens is 416 g/mol. The van der Waals surface area contributed by atoms with E-state index in [0.717, 1.165) is 5.56 Å². The van der Waals surface area contributed by atoms with Gasteiger partial charge in [-0.2, -0.15) is 0 Å². The lowest BCUT2D eigenvalue weighted by Gasteiger charge is -2.09. The van der Waals surface area contributed by atoms with Gasteiger partial charge in [-0.05, 0) is 73.6 Å². The van der Waals surface area contributed by atoms with Gasteiger partial charge in [0.25, 0.3) is 5.91 Å². The molecule has 1 heterocycles. The van der Waals surface area contributed by atoms with Crippen LogP contribution in [0.4, 0.5) is 5.69 Å². The number of esters is 1. The second-order valence-electron chi connectivity index (χ2n) is 6.48. The lowest BCUT2D eigenvalue weighted by Crippen LogP contribution is -2.23. The lowest BCUT2D eigenvalue weighted by atomic mass is 10.2. The molecule has 0 bridgehead atoms. The van der Waals surface area contributed by atoms with Crippen LogP contribution in [0.25, 0.3) is 6.08 Å². The summed E-state index contributed by atoms with van der Waals surface area (Å²) in [7, 11) is 3.26. The topological polar surface area (TPSA) is 77.4 Å². The Kier molecular flexibility index (Phi) is 7.36. The fourth-order valence-electron chi connectivity index (χ4n) is 2.85. The summed E-state index contributed by atoms with van der Waals surface area (Å²) in [5.41, 5.74) is 1.92. The zero-order valence-electron chi connectivity index (χ0n) is 17.9. The average Bonchev–Trinajstić information content (AvgIpc) is 3.03. The molecular formula is C23H24N2O5S. The summed E-state index contributed by atoms with van der Waals surface area (Å²) in [6.07, 6.45) is 1.80. The molecule has 0 saturated carbocycles. The van der Waals surface area contributed by atoms with Crippen molar-refractivity contribution in [2.45, 2.75) is 13.8 Å². The first-order valence-electron chi connectivity index (χ1n) is 9.81. The highest BCUT2D eigenvalue weighted by Gasteiger charge is 2.30. The van der Waals surface area contributed by atoms with Gasteiger partial charge in [-0.25, -0.2) is 9.79 Å². The number of carbonyl (C=O) groups excluding carboxylic acids is 2. The zero-order valence-corrected chi connectivity index (χ0v) is 18.7. The van der Waals surface area contributed by atoms with Gasteiger partial charge in [0.05, 0.1) is 36.5 Å². The van der Waals surface area contributed by atoms with Gasteiger partial charge < -0.3 is 14.2 Å². The van der Waals surface area contributed by atoms with Crippen molar-refractivity contribution < 1.29 is 23.8 Å². The summed E-state index contributed by atoms with van der Waals surface area (Å²) in [5, 5.41) is 0.554. The summed E-state index contributed by atoms with van der Waals surface area (Å²) in [5.74, 6) is 0.749. The highest BCUT2D eigenvalue weighted by Crippen LogP contribution is 2.35. The first kappa shape index (κ1) is 22.4. The quantitative estimate of drug-likeness (QED) is 0.466. The van der Waals surface area contributed by atoms with E-state index in [1.54, 1.807) is 51.4 Å². The van der Waals surface area contributed by atoms with Gasteiger partial charge in [0, 0.05) is 7.05 Å². The van der Waals surface area contributed by atoms with E-state index in [0.29, 0.717) is 46.0 Å². The van der Waals surface area contributed by atoms with Gasteiger partial charge >= 0.3 is 5.97 Å². The van der Waals surface area contributed by atoms with Gasteiger partial charge in [-0.3, -0.25) is 9.69 Å². The van der Waals surface area contributed by atoms with Crippen LogP contribution in [0.3, 0.4) is 0 Å². The van der Waals surface area contributed by atoms with Crippen LogP contribution in [0.15, 0.2) is 52.4 Å². The van der Waals surface area contributed by atoms with E-state index in [2.05, 4.69) is 4.99 Å². The largest absolute Gasteiger partial charge is 0.493 e. The van der Waals surface area contributed by atoms with Crippen LogP contribution in [0.2, 0.25) is 0 Å². The van der Waals surface area contributed by atoms with E-state index in [1.807, 2.05) is 25.1 Å². The highest BCUT2D eigenvalue weighted by molar-refractivity contribution is 8.18. The molecule has 1 saturated heterocycles. The van der Waals surface area contributed by atoms with Gasteiger partial charge in [0.2, 0.25) is 0 Å². The van der Waals surface area contributed by atoms with E-state index in [4.69, 9.17) is 14.2 Å². The Morgan fingerprint density at radius 3 is 2.48 bits per heavy atom. The molecule has 0 aromatic heterocycles. The Hall–Kier alpha value is -3.26. The molecule has 7 nitrogen and oxygen atoms in total. The number of hydrogen-bond donors (Lipinski definition) is 0. The predicted molar refractivity (Wildman–Crippen MR) is 122 cm³/mol. The Morgan fingerprint density at radius 2 is 1.84 bits per heavy atom. The third kappa shape index (κ3) is 5.27. The Labute approximate surface area is 185 Å². The normalized spacial score (nSPS) is 16.1. The van der Waals surface area contributed by atoms with Crippen LogP contribution < -0.4 is 9.47 Å². The van der Waals surface area contributed by atoms with Crippen molar-refractivity contribution in [3.05, 3.63) is 58.5 Å². The summed E-state index contributed by atoms with van der Waals surface area (Å²) >= 11 is 1.29. The van der Waals surface area contributed by atoms with Crippen molar-refractivity contribution in [2.75, 3.05) is 27.4 Å². The van der Waals surface area contributed by atoms with Crippen LogP contribution in [0, 0.1) is 0 Å². The van der Waals surface area contributed by atoms with Crippen LogP contribution in [0.5, 0.6) is 11.5 Å². The third-order valence-corrected chi connectivity index (χ3v) is 5.45. The molecule has 0 atom stereocenters. The van der Waals surface area contributed by atoms with Crippen LogP contribution in [-0.2, 0) is 9.53 Å². The number of ether oxygens (including phenoxy) is 3. The molecule has 8 heteroatoms. The summed E-state index contributed by atoms with van der Waals surface area (Å²) in [4.78, 5) is 31.1. The van der Waals surface area contributed by atoms with Gasteiger partial charge in [0.1, 0.15) is 0 Å². The molecule has 3 rings (SSSR count). The van der Waals surface area contributed by atoms with E-state index in [1.165, 1.54) is 16.7 Å². The smallest absolute Gasteiger partial charge is 0.338 e. The number of amidine groups is 1. The molecule has 0 N–H and O–H groups in total. The van der Waals surface area contributed by atoms with Crippen molar-refractivity contribution in [1.29, 1.82) is 0 Å². The SMILES string of the molecule is CCOC(=O)c1ccc(N=C2S/C(=C\c3ccc(OCC)c(OC)c3)C(=O)N2C)cc1. The second-order valence-corrected chi connectivity index (χ2v) is 7.49. The number of likely N-dealkylation sites (N-methyl/N-ethyl adjacent to an activating group) is 1. The van der Waals surface area contributed by atoms with E-state index < -0.39 is 0 Å². The van der Waals surface area contributed by atoms with Crippen LogP contribution in [0.1, 0.15) is 29.8 Å². The maximum atomic E-state index is 12.7. The Morgan fingerprint density at radius 1 is 1.10 bits per heavy atom. The molecule has 1 aliphatic rings. The number of carbonyl (C=O) groups is 2. The van der Waals surface area contributed by atoms with E-state index >= 15 is 0 Å². The number of methoxy groups -OCH3 is 1. The Balaban J connectivity index is 1.81. The fraction of sp³-hybridized carbons (Fsp3) is 0.261. The summed E-state index contributed by atoms with van der Waals surface area (Å²) in [6, 6.07) is 12.3. The molecule has 162 valence electrons. The molecule has 0 radical (unpaired) electrons. The number of nitrogens with zero attached hydrogens (tertiary/aromatic N) is 2. The number of aliphatic imine (C=N–C) groups is 1. The second kappa shape index (κ2) is 10.2. The fourth-order valence-corrected chi connectivity index (χ4v) is 3.84. The minimum absolute atomic E-state index is 0.139. The van der Waals surface area contributed by atoms with Crippen molar-refractivity contribution >= 4 is 40.6 Å². The first-order valence-corrected chi connectivity index (χ1v) is 10.6. The lowest BCUT2D eigenvalue weighted by molar-refractivity contribution is -0.121. The number of amides is 1. The summed E-state index contributed by atoms with van der Waals surface area (Å²) < 4.78 is 15.9. The summed E-state index contributed by atoms with van der Waals surface area (Å²) in [6.45, 7) is 4.53. The number of thioether (sulfide) groups is 1. The number of rotatable bonds is 7. The van der Waals surface area contributed by atoms with Crippen molar-refractivity contribution in [3.8, 4) is 11.5 Å². The molecule has 1 amide bonds. The molecule has 1 fully saturated rings.